The molecule has 1 aromatic carbocycles. The minimum atomic E-state index is 0.392. The third-order valence-corrected chi connectivity index (χ3v) is 4.77. The molecule has 2 aromatic rings. The molecular formula is C17H22N4O2S. The summed E-state index contributed by atoms with van der Waals surface area (Å²) in [5.41, 5.74) is 7.90. The number of hydrogen-bond donors (Lipinski definition) is 2. The highest BCUT2D eigenvalue weighted by Crippen LogP contribution is 2.32. The first-order valence-corrected chi connectivity index (χ1v) is 8.83. The van der Waals surface area contributed by atoms with Crippen LogP contribution in [0.3, 0.4) is 0 Å². The monoisotopic (exact) mass is 346 g/mol. The first-order chi connectivity index (χ1) is 11.6. The summed E-state index contributed by atoms with van der Waals surface area (Å²) in [7, 11) is 0. The van der Waals surface area contributed by atoms with Gasteiger partial charge in [0.05, 0.1) is 23.9 Å². The summed E-state index contributed by atoms with van der Waals surface area (Å²) >= 11 is 1.72. The average Bonchev–Trinajstić information content (AvgIpc) is 2.74. The maximum absolute atomic E-state index is 5.97. The number of nitrogens with two attached hydrogens (primary N) is 1. The summed E-state index contributed by atoms with van der Waals surface area (Å²) < 4.78 is 11.3. The van der Waals surface area contributed by atoms with Crippen LogP contribution in [-0.4, -0.2) is 30.7 Å². The lowest BCUT2D eigenvalue weighted by Gasteiger charge is -2.10. The van der Waals surface area contributed by atoms with E-state index in [0.717, 1.165) is 40.7 Å². The zero-order valence-corrected chi connectivity index (χ0v) is 14.8. The van der Waals surface area contributed by atoms with Crippen LogP contribution in [0.15, 0.2) is 23.2 Å². The number of nitrogens with zero attached hydrogens (tertiary/aromatic N) is 2. The lowest BCUT2D eigenvalue weighted by atomic mass is 10.3. The van der Waals surface area contributed by atoms with Crippen LogP contribution in [0.25, 0.3) is 0 Å². The van der Waals surface area contributed by atoms with Gasteiger partial charge in [-0.1, -0.05) is 0 Å². The Morgan fingerprint density at radius 1 is 1.29 bits per heavy atom. The van der Waals surface area contributed by atoms with Crippen molar-refractivity contribution < 1.29 is 9.47 Å². The Bertz CT molecular complexity index is 742. The smallest absolute Gasteiger partial charge is 0.193 e. The number of aryl methyl sites for hydroxylation is 2. The molecule has 2 heterocycles. The zero-order valence-electron chi connectivity index (χ0n) is 14.0. The van der Waals surface area contributed by atoms with Crippen molar-refractivity contribution in [3.8, 4) is 11.5 Å². The number of benzene rings is 1. The van der Waals surface area contributed by atoms with Crippen molar-refractivity contribution in [1.82, 2.24) is 4.98 Å². The number of aliphatic imine (C=N–C) groups is 1. The van der Waals surface area contributed by atoms with E-state index >= 15 is 0 Å². The average molecular weight is 346 g/mol. The molecule has 0 unspecified atom stereocenters. The Hall–Kier alpha value is -2.28. The largest absolute Gasteiger partial charge is 0.490 e. The molecule has 1 aliphatic heterocycles. The SMILES string of the molecule is Cc1nc(C)c(CCN=C(N)Nc2ccc3c(c2)OCCCO3)s1. The number of anilines is 1. The summed E-state index contributed by atoms with van der Waals surface area (Å²) in [6.07, 6.45) is 1.73. The molecule has 0 atom stereocenters. The predicted molar refractivity (Wildman–Crippen MR) is 97.5 cm³/mol. The topological polar surface area (TPSA) is 81.8 Å². The minimum absolute atomic E-state index is 0.392. The first-order valence-electron chi connectivity index (χ1n) is 8.01. The van der Waals surface area contributed by atoms with Crippen LogP contribution < -0.4 is 20.5 Å². The number of fused-ring (bicyclic) bond motifs is 1. The van der Waals surface area contributed by atoms with Crippen molar-refractivity contribution in [1.29, 1.82) is 0 Å². The van der Waals surface area contributed by atoms with Crippen molar-refractivity contribution in [2.24, 2.45) is 10.7 Å². The lowest BCUT2D eigenvalue weighted by molar-refractivity contribution is 0.297. The molecule has 0 spiro atoms. The third kappa shape index (κ3) is 4.17. The van der Waals surface area contributed by atoms with Gasteiger partial charge in [-0.25, -0.2) is 4.98 Å². The van der Waals surface area contributed by atoms with Gasteiger partial charge in [-0.3, -0.25) is 4.99 Å². The molecule has 3 N–H and O–H groups in total. The fourth-order valence-corrected chi connectivity index (χ4v) is 3.44. The van der Waals surface area contributed by atoms with Crippen molar-refractivity contribution in [3.05, 3.63) is 33.8 Å². The minimum Gasteiger partial charge on any atom is -0.490 e. The number of nitrogens with one attached hydrogen (secondary N) is 1. The van der Waals surface area contributed by atoms with Crippen LogP contribution in [0.1, 0.15) is 22.0 Å². The van der Waals surface area contributed by atoms with Crippen LogP contribution in [0.4, 0.5) is 5.69 Å². The van der Waals surface area contributed by atoms with Crippen molar-refractivity contribution >= 4 is 23.0 Å². The van der Waals surface area contributed by atoms with E-state index in [0.29, 0.717) is 25.7 Å². The number of rotatable bonds is 4. The maximum atomic E-state index is 5.97. The number of ether oxygens (including phenoxy) is 2. The van der Waals surface area contributed by atoms with Crippen LogP contribution in [0.5, 0.6) is 11.5 Å². The second-order valence-corrected chi connectivity index (χ2v) is 6.88. The van der Waals surface area contributed by atoms with E-state index < -0.39 is 0 Å². The standard InChI is InChI=1S/C17H22N4O2S/c1-11-16(24-12(2)20-11)6-7-19-17(18)21-13-4-5-14-15(10-13)23-9-3-8-22-14/h4-5,10H,3,6-9H2,1-2H3,(H3,18,19,21). The molecule has 0 aliphatic carbocycles. The molecular weight excluding hydrogens is 324 g/mol. The van der Waals surface area contributed by atoms with Gasteiger partial charge in [0.1, 0.15) is 0 Å². The number of hydrogen-bond acceptors (Lipinski definition) is 5. The van der Waals surface area contributed by atoms with Crippen LogP contribution in [0.2, 0.25) is 0 Å². The molecule has 3 rings (SSSR count). The van der Waals surface area contributed by atoms with Gasteiger partial charge >= 0.3 is 0 Å². The molecule has 7 heteroatoms. The van der Waals surface area contributed by atoms with E-state index in [4.69, 9.17) is 15.2 Å². The molecule has 0 saturated carbocycles. The van der Waals surface area contributed by atoms with Gasteiger partial charge in [0.2, 0.25) is 0 Å². The number of thiazole rings is 1. The number of guanidine groups is 1. The Labute approximate surface area is 145 Å². The Morgan fingerprint density at radius 3 is 2.83 bits per heavy atom. The van der Waals surface area contributed by atoms with E-state index in [1.54, 1.807) is 11.3 Å². The molecule has 1 aromatic heterocycles. The van der Waals surface area contributed by atoms with Gasteiger partial charge in [-0.2, -0.15) is 0 Å². The Morgan fingerprint density at radius 2 is 2.08 bits per heavy atom. The van der Waals surface area contributed by atoms with Crippen LogP contribution >= 0.6 is 11.3 Å². The van der Waals surface area contributed by atoms with E-state index in [9.17, 15) is 0 Å². The van der Waals surface area contributed by atoms with Gasteiger partial charge < -0.3 is 20.5 Å². The Balaban J connectivity index is 1.58. The summed E-state index contributed by atoms with van der Waals surface area (Å²) in [5, 5.41) is 4.19. The second-order valence-electron chi connectivity index (χ2n) is 5.60. The quantitative estimate of drug-likeness (QED) is 0.657. The molecule has 1 aliphatic rings. The zero-order chi connectivity index (χ0) is 16.9. The maximum Gasteiger partial charge on any atom is 0.193 e. The lowest BCUT2D eigenvalue weighted by Crippen LogP contribution is -2.23. The van der Waals surface area contributed by atoms with Crippen molar-refractivity contribution in [3.63, 3.8) is 0 Å². The summed E-state index contributed by atoms with van der Waals surface area (Å²) in [5.74, 6) is 1.90. The molecule has 0 saturated heterocycles. The van der Waals surface area contributed by atoms with Crippen LogP contribution in [0, 0.1) is 13.8 Å². The van der Waals surface area contributed by atoms with Gasteiger partial charge in [-0.15, -0.1) is 11.3 Å². The molecule has 128 valence electrons. The molecule has 24 heavy (non-hydrogen) atoms. The molecule has 0 fully saturated rings. The highest BCUT2D eigenvalue weighted by molar-refractivity contribution is 7.11. The second kappa shape index (κ2) is 7.53. The van der Waals surface area contributed by atoms with E-state index in [2.05, 4.69) is 15.3 Å². The van der Waals surface area contributed by atoms with E-state index in [1.807, 2.05) is 32.0 Å². The fourth-order valence-electron chi connectivity index (χ4n) is 2.51. The van der Waals surface area contributed by atoms with Crippen LogP contribution in [-0.2, 0) is 6.42 Å². The number of aromatic nitrogens is 1. The first kappa shape index (κ1) is 16.6. The van der Waals surface area contributed by atoms with E-state index in [1.165, 1.54) is 4.88 Å². The van der Waals surface area contributed by atoms with Gasteiger partial charge in [-0.05, 0) is 26.0 Å². The third-order valence-electron chi connectivity index (χ3n) is 3.64. The van der Waals surface area contributed by atoms with Crippen molar-refractivity contribution in [2.75, 3.05) is 25.1 Å². The van der Waals surface area contributed by atoms with E-state index in [-0.39, 0.29) is 0 Å². The Kier molecular flexibility index (Phi) is 5.20. The summed E-state index contributed by atoms with van der Waals surface area (Å²) in [6.45, 7) is 6.02. The highest BCUT2D eigenvalue weighted by Gasteiger charge is 2.11. The molecule has 0 radical (unpaired) electrons. The normalized spacial score (nSPS) is 14.3. The predicted octanol–water partition coefficient (Wildman–Crippen LogP) is 2.89. The molecule has 0 amide bonds. The molecule has 6 nitrogen and oxygen atoms in total. The fraction of sp³-hybridized carbons (Fsp3) is 0.412. The highest BCUT2D eigenvalue weighted by atomic mass is 32.1. The van der Waals surface area contributed by atoms with Gasteiger partial charge in [0.15, 0.2) is 17.5 Å². The van der Waals surface area contributed by atoms with Gasteiger partial charge in [0, 0.05) is 36.0 Å². The van der Waals surface area contributed by atoms with Gasteiger partial charge in [0.25, 0.3) is 0 Å². The summed E-state index contributed by atoms with van der Waals surface area (Å²) in [6, 6.07) is 5.69. The molecule has 0 bridgehead atoms. The van der Waals surface area contributed by atoms with Crippen molar-refractivity contribution in [2.45, 2.75) is 26.7 Å². The summed E-state index contributed by atoms with van der Waals surface area (Å²) in [4.78, 5) is 10.1.